The van der Waals surface area contributed by atoms with E-state index < -0.39 is 33.6 Å². The monoisotopic (exact) mass is 753 g/mol. The van der Waals surface area contributed by atoms with Gasteiger partial charge in [-0.1, -0.05) is 58.4 Å². The number of amides is 1. The van der Waals surface area contributed by atoms with E-state index in [1.165, 1.54) is 18.3 Å². The summed E-state index contributed by atoms with van der Waals surface area (Å²) >= 11 is 0. The van der Waals surface area contributed by atoms with Gasteiger partial charge in [0.1, 0.15) is 0 Å². The maximum absolute atomic E-state index is 15.4. The summed E-state index contributed by atoms with van der Waals surface area (Å²) in [4.78, 5) is 45.1. The summed E-state index contributed by atoms with van der Waals surface area (Å²) in [6.45, 7) is 15.7. The van der Waals surface area contributed by atoms with Crippen molar-refractivity contribution in [1.82, 2.24) is 4.90 Å². The van der Waals surface area contributed by atoms with Crippen LogP contribution in [0.4, 0.5) is 0 Å². The summed E-state index contributed by atoms with van der Waals surface area (Å²) in [7, 11) is 0. The Morgan fingerprint density at radius 3 is 2.40 bits per heavy atom. The van der Waals surface area contributed by atoms with Crippen LogP contribution in [-0.2, 0) is 20.7 Å². The van der Waals surface area contributed by atoms with E-state index in [2.05, 4.69) is 33.8 Å². The van der Waals surface area contributed by atoms with Gasteiger partial charge in [-0.3, -0.25) is 14.4 Å². The zero-order valence-corrected chi connectivity index (χ0v) is 34.2. The minimum absolute atomic E-state index is 0.145. The molecule has 10 rings (SSSR count). The molecule has 7 aliphatic carbocycles. The number of allylic oxidation sites excluding steroid dienone is 2. The zero-order valence-electron chi connectivity index (χ0n) is 34.2. The normalized spacial score (nSPS) is 38.7. The van der Waals surface area contributed by atoms with E-state index in [-0.39, 0.29) is 41.3 Å². The molecular weight excluding hydrogens is 691 g/mol. The number of aliphatic hydroxyl groups is 2. The maximum Gasteiger partial charge on any atom is 0.313 e. The molecule has 0 unspecified atom stereocenters. The highest BCUT2D eigenvalue weighted by atomic mass is 16.6. The predicted molar refractivity (Wildman–Crippen MR) is 210 cm³/mol. The zero-order chi connectivity index (χ0) is 39.3. The van der Waals surface area contributed by atoms with E-state index >= 15 is 4.79 Å². The van der Waals surface area contributed by atoms with Gasteiger partial charge in [-0.25, -0.2) is 0 Å². The van der Waals surface area contributed by atoms with Crippen LogP contribution in [-0.4, -0.2) is 63.2 Å². The second-order valence-electron chi connectivity index (χ2n) is 20.3. The standard InChI is InChI=1S/C47H63NO7/c1-29-10-8-19-44(6)36(34-17-13-30(24-33(49)16-12-29)25-35(34)39(50)38-11-9-23-54-38)18-20-46(44,53)28-48(27-31-14-15-32-26-37(31)42(32,2)3)40(51)47-22-21-45(7,41(52)55-47)43(47,4)5/h9-11,13,17,23,25,31-33,36-37,49,53H,8,12,14-16,18-22,24,26-28H2,1-7H3/t31-,32-,33-,36-,37-,44-,45-,46+,47+/m0/s1. The third-order valence-electron chi connectivity index (χ3n) is 17.3. The summed E-state index contributed by atoms with van der Waals surface area (Å²) in [5.41, 5.74) is -0.975. The van der Waals surface area contributed by atoms with Crippen molar-refractivity contribution >= 4 is 17.7 Å². The Labute approximate surface area is 327 Å². The number of carbonyl (C=O) groups excluding carboxylic acids is 3. The van der Waals surface area contributed by atoms with Crippen LogP contribution in [0.2, 0.25) is 0 Å². The van der Waals surface area contributed by atoms with Crippen molar-refractivity contribution in [3.05, 3.63) is 70.7 Å². The number of furan rings is 1. The molecule has 0 radical (unpaired) electrons. The van der Waals surface area contributed by atoms with Crippen LogP contribution >= 0.6 is 0 Å². The van der Waals surface area contributed by atoms with Gasteiger partial charge in [0.2, 0.25) is 5.78 Å². The van der Waals surface area contributed by atoms with Crippen LogP contribution in [0, 0.1) is 39.4 Å². The molecule has 8 nitrogen and oxygen atoms in total. The van der Waals surface area contributed by atoms with Crippen LogP contribution in [0.5, 0.6) is 0 Å². The molecule has 8 heteroatoms. The van der Waals surface area contributed by atoms with Crippen LogP contribution in [0.3, 0.4) is 0 Å². The molecule has 6 fully saturated rings. The fourth-order valence-corrected chi connectivity index (χ4v) is 12.7. The van der Waals surface area contributed by atoms with E-state index in [0.717, 1.165) is 42.7 Å². The smallest absolute Gasteiger partial charge is 0.313 e. The molecule has 2 N–H and O–H groups in total. The fourth-order valence-electron chi connectivity index (χ4n) is 12.7. The van der Waals surface area contributed by atoms with Crippen LogP contribution in [0.25, 0.3) is 0 Å². The van der Waals surface area contributed by atoms with Gasteiger partial charge in [-0.15, -0.1) is 0 Å². The second kappa shape index (κ2) is 13.2. The topological polar surface area (TPSA) is 117 Å². The van der Waals surface area contributed by atoms with E-state index in [1.807, 2.05) is 43.9 Å². The van der Waals surface area contributed by atoms with Gasteiger partial charge in [0.05, 0.1) is 29.9 Å². The minimum atomic E-state index is -1.29. The first-order valence-electron chi connectivity index (χ1n) is 21.2. The molecule has 9 atom stereocenters. The predicted octanol–water partition coefficient (Wildman–Crippen LogP) is 8.57. The quantitative estimate of drug-likeness (QED) is 0.165. The fraction of sp³-hybridized carbons (Fsp3) is 0.681. The number of hydrogen-bond donors (Lipinski definition) is 2. The lowest BCUT2D eigenvalue weighted by atomic mass is 9.45. The number of rotatable bonds is 7. The summed E-state index contributed by atoms with van der Waals surface area (Å²) in [5.74, 6) is 0.946. The average Bonchev–Trinajstić information content (AvgIpc) is 3.85. The summed E-state index contributed by atoms with van der Waals surface area (Å²) < 4.78 is 11.9. The molecule has 1 aromatic heterocycles. The number of nitrogens with zero attached hydrogens (tertiary/aromatic N) is 1. The summed E-state index contributed by atoms with van der Waals surface area (Å²) in [6, 6.07) is 9.41. The number of carbonyl (C=O) groups is 3. The highest BCUT2D eigenvalue weighted by Crippen LogP contribution is 2.67. The molecular formula is C47H63NO7. The van der Waals surface area contributed by atoms with Gasteiger partial charge in [0, 0.05) is 22.9 Å². The molecule has 8 aliphatic rings. The van der Waals surface area contributed by atoms with E-state index in [4.69, 9.17) is 9.15 Å². The number of esters is 1. The second-order valence-corrected chi connectivity index (χ2v) is 20.3. The molecule has 2 heterocycles. The molecule has 1 aliphatic heterocycles. The number of hydrogen-bond acceptors (Lipinski definition) is 7. The van der Waals surface area contributed by atoms with E-state index in [9.17, 15) is 19.8 Å². The van der Waals surface area contributed by atoms with Crippen molar-refractivity contribution in [2.75, 3.05) is 13.1 Å². The Morgan fingerprint density at radius 2 is 1.75 bits per heavy atom. The maximum atomic E-state index is 15.4. The third kappa shape index (κ3) is 5.68. The van der Waals surface area contributed by atoms with Crippen molar-refractivity contribution < 1.29 is 33.8 Å². The molecule has 1 aromatic carbocycles. The lowest BCUT2D eigenvalue weighted by Gasteiger charge is -2.61. The molecule has 6 bridgehead atoms. The minimum Gasteiger partial charge on any atom is -0.461 e. The van der Waals surface area contributed by atoms with Crippen molar-refractivity contribution in [2.45, 2.75) is 149 Å². The molecule has 2 aromatic rings. The summed E-state index contributed by atoms with van der Waals surface area (Å²) in [5, 5.41) is 24.4. The van der Waals surface area contributed by atoms with Crippen molar-refractivity contribution in [3.8, 4) is 0 Å². The SMILES string of the molecule is CC1=CCC[C@@]2(C)[C@@H](CC[C@@]2(O)CN(C[C@@H]2CC[C@H]3C[C@@H]2C3(C)C)C(=O)[C@@]23CC[C@@](C)(C(=O)O2)C3(C)C)c2ccc(cc2C(=O)c2ccco2)C[C@@H](O)CC1. The Balaban J connectivity index is 1.21. The molecule has 5 saturated carbocycles. The molecule has 0 spiro atoms. The van der Waals surface area contributed by atoms with E-state index in [0.29, 0.717) is 68.9 Å². The number of fused-ring (bicyclic) bond motifs is 12. The Morgan fingerprint density at radius 1 is 0.964 bits per heavy atom. The van der Waals surface area contributed by atoms with Gasteiger partial charge in [0.15, 0.2) is 11.4 Å². The van der Waals surface area contributed by atoms with E-state index in [1.54, 1.807) is 12.1 Å². The first-order chi connectivity index (χ1) is 25.9. The Kier molecular flexibility index (Phi) is 9.24. The molecule has 298 valence electrons. The van der Waals surface area contributed by atoms with Gasteiger partial charge in [-0.2, -0.15) is 0 Å². The Hall–Kier alpha value is -3.23. The first-order valence-corrected chi connectivity index (χ1v) is 21.2. The van der Waals surface area contributed by atoms with Gasteiger partial charge >= 0.3 is 5.97 Å². The number of aliphatic hydroxyl groups excluding tert-OH is 1. The van der Waals surface area contributed by atoms with Crippen molar-refractivity contribution in [2.24, 2.45) is 39.4 Å². The van der Waals surface area contributed by atoms with Crippen LogP contribution in [0.15, 0.2) is 52.7 Å². The number of ketones is 1. The van der Waals surface area contributed by atoms with Crippen molar-refractivity contribution in [3.63, 3.8) is 0 Å². The number of ether oxygens (including phenoxy) is 1. The van der Waals surface area contributed by atoms with Gasteiger partial charge in [0.25, 0.3) is 5.91 Å². The average molecular weight is 754 g/mol. The highest BCUT2D eigenvalue weighted by molar-refractivity contribution is 6.08. The van der Waals surface area contributed by atoms with Crippen LogP contribution in [0.1, 0.15) is 152 Å². The largest absolute Gasteiger partial charge is 0.461 e. The van der Waals surface area contributed by atoms with Crippen LogP contribution < -0.4 is 0 Å². The molecule has 55 heavy (non-hydrogen) atoms. The lowest BCUT2D eigenvalue weighted by molar-refractivity contribution is -0.181. The van der Waals surface area contributed by atoms with Crippen molar-refractivity contribution in [1.29, 1.82) is 0 Å². The highest BCUT2D eigenvalue weighted by Gasteiger charge is 2.76. The summed E-state index contributed by atoms with van der Waals surface area (Å²) in [6.07, 6.45) is 12.0. The molecule has 1 amide bonds. The first kappa shape index (κ1) is 38.6. The van der Waals surface area contributed by atoms with Gasteiger partial charge in [-0.05, 0) is 149 Å². The number of benzene rings is 1. The van der Waals surface area contributed by atoms with Gasteiger partial charge < -0.3 is 24.3 Å². The Bertz CT molecular complexity index is 1890. The third-order valence-corrected chi connectivity index (χ3v) is 17.3. The lowest BCUT2D eigenvalue weighted by Crippen LogP contribution is -2.62. The molecule has 1 saturated heterocycles.